The number of halogens is 1. The first-order chi connectivity index (χ1) is 14.9. The summed E-state index contributed by atoms with van der Waals surface area (Å²) in [5.41, 5.74) is 5.16. The van der Waals surface area contributed by atoms with E-state index in [0.29, 0.717) is 10.7 Å². The lowest BCUT2D eigenvalue weighted by atomic mass is 10.1. The van der Waals surface area contributed by atoms with E-state index in [0.717, 1.165) is 38.8 Å². The Bertz CT molecular complexity index is 1250. The van der Waals surface area contributed by atoms with Gasteiger partial charge in [-0.3, -0.25) is 4.79 Å². The lowest BCUT2D eigenvalue weighted by Gasteiger charge is -2.09. The number of nitrogens with zero attached hydrogens (tertiary/aromatic N) is 3. The molecule has 0 aliphatic rings. The first-order valence-corrected chi connectivity index (χ1v) is 11.0. The zero-order valence-corrected chi connectivity index (χ0v) is 18.9. The minimum atomic E-state index is -0.138. The number of amides is 1. The number of carbonyl (C=O) groups is 1. The number of aryl methyl sites for hydroxylation is 2. The van der Waals surface area contributed by atoms with Gasteiger partial charge in [0.15, 0.2) is 5.65 Å². The Morgan fingerprint density at radius 2 is 1.94 bits per heavy atom. The van der Waals surface area contributed by atoms with Crippen molar-refractivity contribution in [2.24, 2.45) is 0 Å². The van der Waals surface area contributed by atoms with Crippen LogP contribution in [0.2, 0.25) is 5.02 Å². The molecule has 0 saturated carbocycles. The number of benzene rings is 2. The number of hydrogen-bond acceptors (Lipinski definition) is 5. The number of nitrogens with one attached hydrogen (secondary N) is 1. The van der Waals surface area contributed by atoms with E-state index in [1.54, 1.807) is 17.8 Å². The molecule has 2 aromatic heterocycles. The molecule has 0 fully saturated rings. The molecule has 2 heterocycles. The largest absolute Gasteiger partial charge is 0.497 e. The lowest BCUT2D eigenvalue weighted by Crippen LogP contribution is -2.14. The molecule has 0 spiro atoms. The van der Waals surface area contributed by atoms with E-state index in [-0.39, 0.29) is 11.7 Å². The molecule has 4 aromatic rings. The summed E-state index contributed by atoms with van der Waals surface area (Å²) in [5.74, 6) is 0.877. The van der Waals surface area contributed by atoms with Gasteiger partial charge in [-0.25, -0.2) is 9.50 Å². The number of fused-ring (bicyclic) bond motifs is 1. The van der Waals surface area contributed by atoms with E-state index < -0.39 is 0 Å². The van der Waals surface area contributed by atoms with Gasteiger partial charge in [0.05, 0.1) is 29.8 Å². The molecule has 1 amide bonds. The number of carbonyl (C=O) groups excluding carboxylic acids is 1. The van der Waals surface area contributed by atoms with E-state index in [9.17, 15) is 4.79 Å². The van der Waals surface area contributed by atoms with Crippen molar-refractivity contribution in [3.63, 3.8) is 0 Å². The molecule has 4 rings (SSSR count). The van der Waals surface area contributed by atoms with Gasteiger partial charge in [0.1, 0.15) is 10.8 Å². The lowest BCUT2D eigenvalue weighted by molar-refractivity contribution is -0.113. The van der Waals surface area contributed by atoms with Crippen molar-refractivity contribution < 1.29 is 9.53 Å². The van der Waals surface area contributed by atoms with Crippen LogP contribution in [-0.2, 0) is 4.79 Å². The number of anilines is 1. The van der Waals surface area contributed by atoms with Gasteiger partial charge in [-0.1, -0.05) is 41.6 Å². The van der Waals surface area contributed by atoms with Gasteiger partial charge in [-0.05, 0) is 55.3 Å². The third-order valence-electron chi connectivity index (χ3n) is 4.72. The SMILES string of the molecule is COc1ccc(-c2cnn3c(SCC(=O)Nc4ccc(C)cc4Cl)cc(C)nc23)cc1. The van der Waals surface area contributed by atoms with Crippen LogP contribution in [0.25, 0.3) is 16.8 Å². The Morgan fingerprint density at radius 1 is 1.16 bits per heavy atom. The molecule has 0 atom stereocenters. The van der Waals surface area contributed by atoms with E-state index in [4.69, 9.17) is 16.3 Å². The second kappa shape index (κ2) is 8.99. The Balaban J connectivity index is 1.55. The van der Waals surface area contributed by atoms with Crippen LogP contribution in [0.15, 0.2) is 59.8 Å². The Kier molecular flexibility index (Phi) is 6.15. The van der Waals surface area contributed by atoms with Crippen LogP contribution < -0.4 is 10.1 Å². The average Bonchev–Trinajstić information content (AvgIpc) is 3.18. The van der Waals surface area contributed by atoms with E-state index in [1.165, 1.54) is 11.8 Å². The van der Waals surface area contributed by atoms with Gasteiger partial charge in [-0.15, -0.1) is 0 Å². The molecular weight excluding hydrogens is 432 g/mol. The Morgan fingerprint density at radius 3 is 2.65 bits per heavy atom. The van der Waals surface area contributed by atoms with Crippen molar-refractivity contribution in [3.05, 3.63) is 71.0 Å². The molecule has 8 heteroatoms. The molecule has 0 radical (unpaired) electrons. The van der Waals surface area contributed by atoms with Crippen molar-refractivity contribution in [2.45, 2.75) is 18.9 Å². The van der Waals surface area contributed by atoms with Gasteiger partial charge in [-0.2, -0.15) is 5.10 Å². The van der Waals surface area contributed by atoms with Crippen molar-refractivity contribution in [2.75, 3.05) is 18.2 Å². The van der Waals surface area contributed by atoms with Crippen LogP contribution in [0.3, 0.4) is 0 Å². The number of methoxy groups -OCH3 is 1. The van der Waals surface area contributed by atoms with Gasteiger partial charge in [0.25, 0.3) is 0 Å². The second-order valence-corrected chi connectivity index (χ2v) is 8.48. The quantitative estimate of drug-likeness (QED) is 0.313. The maximum absolute atomic E-state index is 12.5. The van der Waals surface area contributed by atoms with Gasteiger partial charge < -0.3 is 10.1 Å². The Labute approximate surface area is 189 Å². The molecule has 0 saturated heterocycles. The zero-order chi connectivity index (χ0) is 22.0. The first kappa shape index (κ1) is 21.2. The molecule has 2 aromatic carbocycles. The molecule has 0 unspecified atom stereocenters. The number of rotatable bonds is 6. The smallest absolute Gasteiger partial charge is 0.234 e. The highest BCUT2D eigenvalue weighted by atomic mass is 35.5. The van der Waals surface area contributed by atoms with Crippen LogP contribution >= 0.6 is 23.4 Å². The highest BCUT2D eigenvalue weighted by Gasteiger charge is 2.14. The maximum Gasteiger partial charge on any atom is 0.234 e. The summed E-state index contributed by atoms with van der Waals surface area (Å²) in [6.07, 6.45) is 1.79. The summed E-state index contributed by atoms with van der Waals surface area (Å²) in [5, 5.41) is 8.74. The number of hydrogen-bond donors (Lipinski definition) is 1. The fourth-order valence-electron chi connectivity index (χ4n) is 3.17. The third kappa shape index (κ3) is 4.68. The summed E-state index contributed by atoms with van der Waals surface area (Å²) in [6, 6.07) is 15.2. The van der Waals surface area contributed by atoms with Crippen LogP contribution in [0.4, 0.5) is 5.69 Å². The maximum atomic E-state index is 12.5. The monoisotopic (exact) mass is 452 g/mol. The molecule has 0 bridgehead atoms. The van der Waals surface area contributed by atoms with Crippen molar-refractivity contribution in [1.29, 1.82) is 0 Å². The second-order valence-electron chi connectivity index (χ2n) is 7.08. The van der Waals surface area contributed by atoms with Crippen LogP contribution in [0.5, 0.6) is 5.75 Å². The van der Waals surface area contributed by atoms with Crippen molar-refractivity contribution >= 4 is 40.6 Å². The van der Waals surface area contributed by atoms with Crippen LogP contribution in [0, 0.1) is 13.8 Å². The summed E-state index contributed by atoms with van der Waals surface area (Å²) >= 11 is 7.62. The van der Waals surface area contributed by atoms with E-state index in [1.807, 2.05) is 62.4 Å². The minimum Gasteiger partial charge on any atom is -0.497 e. The number of aromatic nitrogens is 3. The van der Waals surface area contributed by atoms with Gasteiger partial charge in [0.2, 0.25) is 5.91 Å². The van der Waals surface area contributed by atoms with Crippen LogP contribution in [0.1, 0.15) is 11.3 Å². The third-order valence-corrected chi connectivity index (χ3v) is 6.02. The highest BCUT2D eigenvalue weighted by molar-refractivity contribution is 7.99. The average molecular weight is 453 g/mol. The van der Waals surface area contributed by atoms with Crippen LogP contribution in [-0.4, -0.2) is 33.4 Å². The van der Waals surface area contributed by atoms with Gasteiger partial charge in [0, 0.05) is 11.3 Å². The molecular formula is C23H21ClN4O2S. The summed E-state index contributed by atoms with van der Waals surface area (Å²) in [6.45, 7) is 3.88. The topological polar surface area (TPSA) is 68.5 Å². The zero-order valence-electron chi connectivity index (χ0n) is 17.3. The highest BCUT2D eigenvalue weighted by Crippen LogP contribution is 2.29. The predicted molar refractivity (Wildman–Crippen MR) is 125 cm³/mol. The minimum absolute atomic E-state index is 0.138. The normalized spacial score (nSPS) is 11.0. The Hall–Kier alpha value is -3.03. The number of ether oxygens (including phenoxy) is 1. The first-order valence-electron chi connectivity index (χ1n) is 9.63. The molecule has 31 heavy (non-hydrogen) atoms. The standard InChI is InChI=1S/C23H21ClN4O2S/c1-14-4-9-20(19(24)10-14)27-21(29)13-31-22-11-15(2)26-23-18(12-25-28(22)23)16-5-7-17(30-3)8-6-16/h4-12H,13H2,1-3H3,(H,27,29). The van der Waals surface area contributed by atoms with Crippen molar-refractivity contribution in [3.8, 4) is 16.9 Å². The molecule has 6 nitrogen and oxygen atoms in total. The summed E-state index contributed by atoms with van der Waals surface area (Å²) < 4.78 is 7.00. The summed E-state index contributed by atoms with van der Waals surface area (Å²) in [4.78, 5) is 17.2. The van der Waals surface area contributed by atoms with Gasteiger partial charge >= 0.3 is 0 Å². The van der Waals surface area contributed by atoms with E-state index in [2.05, 4.69) is 15.4 Å². The molecule has 0 aliphatic heterocycles. The molecule has 1 N–H and O–H groups in total. The fraction of sp³-hybridized carbons (Fsp3) is 0.174. The fourth-order valence-corrected chi connectivity index (χ4v) is 4.32. The van der Waals surface area contributed by atoms with E-state index >= 15 is 0 Å². The predicted octanol–water partition coefficient (Wildman–Crippen LogP) is 5.41. The molecule has 158 valence electrons. The number of thioether (sulfide) groups is 1. The molecule has 0 aliphatic carbocycles. The van der Waals surface area contributed by atoms with Crippen molar-refractivity contribution in [1.82, 2.24) is 14.6 Å². The summed E-state index contributed by atoms with van der Waals surface area (Å²) in [7, 11) is 1.64.